The van der Waals surface area contributed by atoms with Crippen LogP contribution in [0.3, 0.4) is 0 Å². The number of piperazine rings is 1. The second-order valence-corrected chi connectivity index (χ2v) is 6.78. The summed E-state index contributed by atoms with van der Waals surface area (Å²) in [6.07, 6.45) is 2.24. The normalized spacial score (nSPS) is 20.3. The average molecular weight is 374 g/mol. The van der Waals surface area contributed by atoms with E-state index in [2.05, 4.69) is 37.7 Å². The number of pyridine rings is 1. The van der Waals surface area contributed by atoms with Crippen LogP contribution in [0.2, 0.25) is 0 Å². The average Bonchev–Trinajstić information content (AvgIpc) is 3.02. The molecule has 0 saturated carbocycles. The van der Waals surface area contributed by atoms with Gasteiger partial charge in [0.15, 0.2) is 0 Å². The summed E-state index contributed by atoms with van der Waals surface area (Å²) in [5.74, 6) is 0.417. The van der Waals surface area contributed by atoms with Gasteiger partial charge in [-0.2, -0.15) is 0 Å². The van der Waals surface area contributed by atoms with Crippen molar-refractivity contribution >= 4 is 23.7 Å². The molecule has 2 saturated heterocycles. The van der Waals surface area contributed by atoms with Gasteiger partial charge < -0.3 is 20.4 Å². The Bertz CT molecular complexity index is 685. The van der Waals surface area contributed by atoms with Gasteiger partial charge in [-0.05, 0) is 24.6 Å². The van der Waals surface area contributed by atoms with Gasteiger partial charge >= 0.3 is 6.03 Å². The number of carbonyl (C=O) groups excluding carboxylic acids is 3. The van der Waals surface area contributed by atoms with Crippen LogP contribution in [0.1, 0.15) is 25.3 Å². The Morgan fingerprint density at radius 2 is 2.04 bits per heavy atom. The summed E-state index contributed by atoms with van der Waals surface area (Å²) in [5, 5.41) is 7.45. The summed E-state index contributed by atoms with van der Waals surface area (Å²) in [5.41, 5.74) is 0.922. The molecule has 0 aromatic carbocycles. The molecule has 9 heteroatoms. The van der Waals surface area contributed by atoms with Crippen molar-refractivity contribution in [2.75, 3.05) is 37.6 Å². The Morgan fingerprint density at radius 3 is 2.63 bits per heavy atom. The van der Waals surface area contributed by atoms with Crippen molar-refractivity contribution in [3.05, 3.63) is 23.9 Å². The lowest BCUT2D eigenvalue weighted by Crippen LogP contribution is -2.46. The Morgan fingerprint density at radius 1 is 1.26 bits per heavy atom. The van der Waals surface area contributed by atoms with E-state index in [9.17, 15) is 14.4 Å². The number of hydrogen-bond acceptors (Lipinski definition) is 6. The fourth-order valence-corrected chi connectivity index (χ4v) is 3.23. The molecular weight excluding hydrogens is 348 g/mol. The number of amides is 4. The van der Waals surface area contributed by atoms with E-state index >= 15 is 0 Å². The van der Waals surface area contributed by atoms with Gasteiger partial charge in [0.2, 0.25) is 5.91 Å². The van der Waals surface area contributed by atoms with E-state index in [4.69, 9.17) is 0 Å². The molecule has 2 aliphatic rings. The van der Waals surface area contributed by atoms with Gasteiger partial charge in [-0.3, -0.25) is 14.9 Å². The van der Waals surface area contributed by atoms with Gasteiger partial charge in [0.25, 0.3) is 5.91 Å². The predicted octanol–water partition coefficient (Wildman–Crippen LogP) is -0.172. The highest BCUT2D eigenvalue weighted by Crippen LogP contribution is 2.14. The van der Waals surface area contributed by atoms with Gasteiger partial charge in [0, 0.05) is 45.3 Å². The van der Waals surface area contributed by atoms with Crippen molar-refractivity contribution in [2.45, 2.75) is 32.4 Å². The lowest BCUT2D eigenvalue weighted by Gasteiger charge is -2.34. The minimum absolute atomic E-state index is 0.163. The van der Waals surface area contributed by atoms with Crippen LogP contribution in [0.4, 0.5) is 10.6 Å². The van der Waals surface area contributed by atoms with Crippen LogP contribution in [0.25, 0.3) is 0 Å². The molecule has 2 fully saturated rings. The summed E-state index contributed by atoms with van der Waals surface area (Å²) in [7, 11) is 0. The molecule has 0 spiro atoms. The Kier molecular flexibility index (Phi) is 6.23. The van der Waals surface area contributed by atoms with Crippen molar-refractivity contribution < 1.29 is 14.4 Å². The number of urea groups is 1. The highest BCUT2D eigenvalue weighted by Gasteiger charge is 2.29. The van der Waals surface area contributed by atoms with Gasteiger partial charge in [-0.1, -0.05) is 13.0 Å². The van der Waals surface area contributed by atoms with Crippen LogP contribution < -0.4 is 20.9 Å². The first kappa shape index (κ1) is 19.1. The van der Waals surface area contributed by atoms with E-state index in [1.807, 2.05) is 12.1 Å². The topological polar surface area (TPSA) is 107 Å². The number of aromatic nitrogens is 1. The van der Waals surface area contributed by atoms with Gasteiger partial charge in [0.05, 0.1) is 0 Å². The molecule has 1 atom stereocenters. The molecular formula is C18H26N6O3. The summed E-state index contributed by atoms with van der Waals surface area (Å²) in [6, 6.07) is 2.83. The highest BCUT2D eigenvalue weighted by molar-refractivity contribution is 6.04. The maximum atomic E-state index is 11.9. The number of rotatable bonds is 7. The molecule has 2 aliphatic heterocycles. The molecule has 27 heavy (non-hydrogen) atoms. The summed E-state index contributed by atoms with van der Waals surface area (Å²) < 4.78 is 0. The summed E-state index contributed by atoms with van der Waals surface area (Å²) in [6.45, 7) is 7.70. The number of anilines is 1. The molecule has 3 N–H and O–H groups in total. The molecule has 1 aromatic rings. The van der Waals surface area contributed by atoms with Crippen molar-refractivity contribution in [1.29, 1.82) is 0 Å². The minimum Gasteiger partial charge on any atom is -0.354 e. The zero-order valence-electron chi connectivity index (χ0n) is 15.5. The third-order valence-electron chi connectivity index (χ3n) is 4.96. The van der Waals surface area contributed by atoms with Crippen LogP contribution in [-0.2, 0) is 16.1 Å². The van der Waals surface area contributed by atoms with Crippen LogP contribution in [-0.4, -0.2) is 66.5 Å². The second kappa shape index (κ2) is 8.81. The molecule has 4 amide bonds. The summed E-state index contributed by atoms with van der Waals surface area (Å²) >= 11 is 0. The van der Waals surface area contributed by atoms with Crippen LogP contribution >= 0.6 is 0 Å². The van der Waals surface area contributed by atoms with Crippen LogP contribution in [0.5, 0.6) is 0 Å². The molecule has 3 heterocycles. The Hall–Kier alpha value is -2.68. The van der Waals surface area contributed by atoms with E-state index in [-0.39, 0.29) is 24.7 Å². The van der Waals surface area contributed by atoms with E-state index < -0.39 is 12.1 Å². The summed E-state index contributed by atoms with van der Waals surface area (Å²) in [4.78, 5) is 43.6. The zero-order valence-corrected chi connectivity index (χ0v) is 15.5. The first-order valence-electron chi connectivity index (χ1n) is 9.35. The molecule has 0 bridgehead atoms. The Balaban J connectivity index is 1.40. The number of likely N-dealkylation sites (N-methyl/N-ethyl adjacent to an activating group) is 1. The van der Waals surface area contributed by atoms with Gasteiger partial charge in [-0.15, -0.1) is 0 Å². The fraction of sp³-hybridized carbons (Fsp3) is 0.556. The van der Waals surface area contributed by atoms with E-state index in [0.29, 0.717) is 6.54 Å². The molecule has 3 rings (SSSR count). The molecule has 0 unspecified atom stereocenters. The van der Waals surface area contributed by atoms with Crippen LogP contribution in [0.15, 0.2) is 18.3 Å². The van der Waals surface area contributed by atoms with Crippen molar-refractivity contribution in [1.82, 2.24) is 25.8 Å². The number of carbonyl (C=O) groups is 3. The first-order chi connectivity index (χ1) is 13.0. The highest BCUT2D eigenvalue weighted by atomic mass is 16.2. The molecule has 1 aromatic heterocycles. The SMILES string of the molecule is CCN1CCN(c2ccc(CNC(=O)CC[C@H]3NC(=O)NC3=O)cn2)CC1. The quantitative estimate of drug-likeness (QED) is 0.572. The Labute approximate surface area is 158 Å². The van der Waals surface area contributed by atoms with Gasteiger partial charge in [0.1, 0.15) is 11.9 Å². The first-order valence-corrected chi connectivity index (χ1v) is 9.35. The maximum Gasteiger partial charge on any atom is 0.322 e. The van der Waals surface area contributed by atoms with E-state index in [1.54, 1.807) is 6.20 Å². The molecule has 0 aliphatic carbocycles. The largest absolute Gasteiger partial charge is 0.354 e. The fourth-order valence-electron chi connectivity index (χ4n) is 3.23. The van der Waals surface area contributed by atoms with Crippen molar-refractivity contribution in [3.8, 4) is 0 Å². The smallest absolute Gasteiger partial charge is 0.322 e. The van der Waals surface area contributed by atoms with Crippen molar-refractivity contribution in [2.24, 2.45) is 0 Å². The van der Waals surface area contributed by atoms with Crippen LogP contribution in [0, 0.1) is 0 Å². The molecule has 9 nitrogen and oxygen atoms in total. The second-order valence-electron chi connectivity index (χ2n) is 6.78. The number of imide groups is 1. The van der Waals surface area contributed by atoms with Gasteiger partial charge in [-0.25, -0.2) is 9.78 Å². The standard InChI is InChI=1S/C18H26N6O3/c1-2-23-7-9-24(10-8-23)15-5-3-13(11-19-15)12-20-16(25)6-4-14-17(26)22-18(27)21-14/h3,5,11,14H,2,4,6-10,12H2,1H3,(H,20,25)(H2,21,22,26,27)/t14-/m1/s1. The third-order valence-corrected chi connectivity index (χ3v) is 4.96. The van der Waals surface area contributed by atoms with Crippen molar-refractivity contribution in [3.63, 3.8) is 0 Å². The zero-order chi connectivity index (χ0) is 19.2. The molecule has 0 radical (unpaired) electrons. The predicted molar refractivity (Wildman–Crippen MR) is 100 cm³/mol. The third kappa shape index (κ3) is 5.16. The maximum absolute atomic E-state index is 11.9. The number of hydrogen-bond donors (Lipinski definition) is 3. The lowest BCUT2D eigenvalue weighted by atomic mass is 10.1. The van der Waals surface area contributed by atoms with E-state index in [0.717, 1.165) is 44.1 Å². The lowest BCUT2D eigenvalue weighted by molar-refractivity contribution is -0.122. The monoisotopic (exact) mass is 374 g/mol. The molecule has 146 valence electrons. The van der Waals surface area contributed by atoms with E-state index in [1.165, 1.54) is 0 Å². The number of nitrogens with one attached hydrogen (secondary N) is 3. The number of nitrogens with zero attached hydrogens (tertiary/aromatic N) is 3. The minimum atomic E-state index is -0.627.